The molecule has 6 nitrogen and oxygen atoms in total. The largest absolute Gasteiger partial charge is 0.434 e. The van der Waals surface area contributed by atoms with Crippen LogP contribution in [0.4, 0.5) is 14.6 Å². The molecule has 0 unspecified atom stereocenters. The fourth-order valence-corrected chi connectivity index (χ4v) is 1.91. The quantitative estimate of drug-likeness (QED) is 0.883. The number of anilines is 1. The van der Waals surface area contributed by atoms with Crippen LogP contribution in [0.3, 0.4) is 0 Å². The second-order valence-corrected chi connectivity index (χ2v) is 4.40. The Hall–Kier alpha value is -2.77. The van der Waals surface area contributed by atoms with Crippen molar-refractivity contribution in [1.82, 2.24) is 15.3 Å². The van der Waals surface area contributed by atoms with Crippen LogP contribution in [0.1, 0.15) is 29.0 Å². The third-order valence-corrected chi connectivity index (χ3v) is 2.89. The van der Waals surface area contributed by atoms with E-state index in [9.17, 15) is 13.6 Å². The van der Waals surface area contributed by atoms with Crippen LogP contribution in [-0.4, -0.2) is 22.5 Å². The summed E-state index contributed by atoms with van der Waals surface area (Å²) in [7, 11) is 0. The van der Waals surface area contributed by atoms with Crippen LogP contribution >= 0.6 is 0 Å². The number of carbonyl (C=O) groups is 1. The summed E-state index contributed by atoms with van der Waals surface area (Å²) in [6.45, 7) is -1.31. The van der Waals surface area contributed by atoms with E-state index in [2.05, 4.69) is 20.0 Å². The number of amides is 1. The van der Waals surface area contributed by atoms with Gasteiger partial charge in [0.05, 0.1) is 6.04 Å². The summed E-state index contributed by atoms with van der Waals surface area (Å²) in [5.74, 6) is -0.563. The van der Waals surface area contributed by atoms with E-state index in [0.29, 0.717) is 5.56 Å². The van der Waals surface area contributed by atoms with Crippen molar-refractivity contribution >= 4 is 11.7 Å². The lowest BCUT2D eigenvalue weighted by atomic mass is 10.1. The van der Waals surface area contributed by atoms with E-state index in [0.717, 1.165) is 0 Å². The molecule has 1 amide bonds. The third kappa shape index (κ3) is 3.66. The molecule has 2 rings (SSSR count). The Morgan fingerprint density at radius 2 is 1.95 bits per heavy atom. The molecule has 1 aromatic carbocycles. The number of nitrogens with two attached hydrogens (primary N) is 1. The molecule has 2 aromatic rings. The average molecular weight is 308 g/mol. The number of carbonyl (C=O) groups excluding carboxylic acids is 1. The fourth-order valence-electron chi connectivity index (χ4n) is 1.91. The molecule has 0 saturated heterocycles. The molecule has 0 spiro atoms. The number of halogens is 2. The zero-order valence-corrected chi connectivity index (χ0v) is 11.7. The van der Waals surface area contributed by atoms with Crippen LogP contribution in [-0.2, 0) is 0 Å². The number of aromatic nitrogens is 2. The normalized spacial score (nSPS) is 12.0. The molecule has 1 heterocycles. The van der Waals surface area contributed by atoms with E-state index in [1.165, 1.54) is 18.5 Å². The van der Waals surface area contributed by atoms with Gasteiger partial charge in [0.15, 0.2) is 11.5 Å². The zero-order chi connectivity index (χ0) is 16.1. The molecule has 0 fully saturated rings. The van der Waals surface area contributed by atoms with Crippen molar-refractivity contribution in [2.75, 3.05) is 5.73 Å². The number of ether oxygens (including phenoxy) is 1. The second-order valence-electron chi connectivity index (χ2n) is 4.40. The Morgan fingerprint density at radius 1 is 1.27 bits per heavy atom. The first-order valence-corrected chi connectivity index (χ1v) is 6.40. The molecule has 0 saturated carbocycles. The van der Waals surface area contributed by atoms with Crippen molar-refractivity contribution in [2.24, 2.45) is 0 Å². The van der Waals surface area contributed by atoms with Crippen molar-refractivity contribution in [1.29, 1.82) is 0 Å². The number of rotatable bonds is 5. The molecule has 0 aliphatic heterocycles. The summed E-state index contributed by atoms with van der Waals surface area (Å²) in [6, 6.07) is 5.64. The maximum Gasteiger partial charge on any atom is 0.387 e. The number of benzene rings is 1. The second kappa shape index (κ2) is 6.79. The highest BCUT2D eigenvalue weighted by atomic mass is 19.3. The monoisotopic (exact) mass is 308 g/mol. The smallest absolute Gasteiger partial charge is 0.387 e. The Morgan fingerprint density at radius 3 is 2.64 bits per heavy atom. The number of alkyl halides is 2. The number of hydrogen-bond acceptors (Lipinski definition) is 5. The molecule has 1 atom stereocenters. The fraction of sp³-hybridized carbons (Fsp3) is 0.214. The van der Waals surface area contributed by atoms with Gasteiger partial charge < -0.3 is 15.8 Å². The van der Waals surface area contributed by atoms with Gasteiger partial charge in [0, 0.05) is 18.0 Å². The predicted molar refractivity (Wildman–Crippen MR) is 75.4 cm³/mol. The number of para-hydroxylation sites is 1. The maximum atomic E-state index is 12.4. The highest BCUT2D eigenvalue weighted by Crippen LogP contribution is 2.26. The summed E-state index contributed by atoms with van der Waals surface area (Å²) in [6.07, 6.45) is 2.70. The molecular formula is C14H14F2N4O2. The molecule has 3 N–H and O–H groups in total. The van der Waals surface area contributed by atoms with E-state index in [1.54, 1.807) is 25.1 Å². The van der Waals surface area contributed by atoms with Gasteiger partial charge in [-0.1, -0.05) is 18.2 Å². The molecule has 0 bridgehead atoms. The van der Waals surface area contributed by atoms with E-state index in [4.69, 9.17) is 5.73 Å². The van der Waals surface area contributed by atoms with Crippen LogP contribution in [0.2, 0.25) is 0 Å². The first-order valence-electron chi connectivity index (χ1n) is 6.40. The summed E-state index contributed by atoms with van der Waals surface area (Å²) in [5, 5.41) is 2.62. The minimum absolute atomic E-state index is 0.00239. The third-order valence-electron chi connectivity index (χ3n) is 2.89. The van der Waals surface area contributed by atoms with Crippen LogP contribution in [0.25, 0.3) is 0 Å². The maximum absolute atomic E-state index is 12.4. The minimum atomic E-state index is -2.94. The summed E-state index contributed by atoms with van der Waals surface area (Å²) < 4.78 is 29.2. The molecule has 116 valence electrons. The molecule has 8 heteroatoms. The number of nitrogens with zero attached hydrogens (tertiary/aromatic N) is 2. The molecule has 22 heavy (non-hydrogen) atoms. The van der Waals surface area contributed by atoms with Gasteiger partial charge in [-0.15, -0.1) is 0 Å². The SMILES string of the molecule is C[C@H](NC(=O)c1nccnc1N)c1ccccc1OC(F)F. The first-order chi connectivity index (χ1) is 10.5. The lowest BCUT2D eigenvalue weighted by molar-refractivity contribution is -0.0506. The van der Waals surface area contributed by atoms with Gasteiger partial charge in [0.1, 0.15) is 5.75 Å². The van der Waals surface area contributed by atoms with Crippen molar-refractivity contribution in [3.8, 4) is 5.75 Å². The molecule has 0 radical (unpaired) electrons. The standard InChI is InChI=1S/C14H14F2N4O2/c1-8(9-4-2-3-5-10(9)22-14(15)16)20-13(21)11-12(17)19-7-6-18-11/h2-8,14H,1H3,(H2,17,19)(H,20,21)/t8-/m0/s1. The van der Waals surface area contributed by atoms with Gasteiger partial charge >= 0.3 is 6.61 Å². The molecule has 0 aliphatic rings. The Bertz CT molecular complexity index is 667. The van der Waals surface area contributed by atoms with Crippen LogP contribution in [0.5, 0.6) is 5.75 Å². The summed E-state index contributed by atoms with van der Waals surface area (Å²) in [5.41, 5.74) is 5.96. The van der Waals surface area contributed by atoms with Gasteiger partial charge in [0.25, 0.3) is 5.91 Å². The van der Waals surface area contributed by atoms with Crippen molar-refractivity contribution in [2.45, 2.75) is 19.6 Å². The molecular weight excluding hydrogens is 294 g/mol. The van der Waals surface area contributed by atoms with E-state index in [-0.39, 0.29) is 17.3 Å². The summed E-state index contributed by atoms with van der Waals surface area (Å²) >= 11 is 0. The number of nitrogen functional groups attached to an aromatic ring is 1. The summed E-state index contributed by atoms with van der Waals surface area (Å²) in [4.78, 5) is 19.7. The molecule has 1 aromatic heterocycles. The van der Waals surface area contributed by atoms with Gasteiger partial charge in [-0.25, -0.2) is 9.97 Å². The van der Waals surface area contributed by atoms with Gasteiger partial charge in [-0.3, -0.25) is 4.79 Å². The number of hydrogen-bond donors (Lipinski definition) is 2. The van der Waals surface area contributed by atoms with Gasteiger partial charge in [-0.2, -0.15) is 8.78 Å². The predicted octanol–water partition coefficient (Wildman–Crippen LogP) is 2.15. The van der Waals surface area contributed by atoms with E-state index in [1.807, 2.05) is 0 Å². The average Bonchev–Trinajstić information content (AvgIpc) is 2.47. The van der Waals surface area contributed by atoms with Crippen molar-refractivity contribution in [3.63, 3.8) is 0 Å². The number of nitrogens with one attached hydrogen (secondary N) is 1. The zero-order valence-electron chi connectivity index (χ0n) is 11.7. The Kier molecular flexibility index (Phi) is 4.82. The first kappa shape index (κ1) is 15.6. The van der Waals surface area contributed by atoms with Gasteiger partial charge in [-0.05, 0) is 13.0 Å². The van der Waals surface area contributed by atoms with Crippen LogP contribution in [0, 0.1) is 0 Å². The lowest BCUT2D eigenvalue weighted by Crippen LogP contribution is -2.29. The molecule has 0 aliphatic carbocycles. The van der Waals surface area contributed by atoms with Crippen LogP contribution in [0.15, 0.2) is 36.7 Å². The lowest BCUT2D eigenvalue weighted by Gasteiger charge is -2.18. The van der Waals surface area contributed by atoms with E-state index < -0.39 is 18.6 Å². The van der Waals surface area contributed by atoms with Crippen molar-refractivity contribution in [3.05, 3.63) is 47.9 Å². The van der Waals surface area contributed by atoms with E-state index >= 15 is 0 Å². The van der Waals surface area contributed by atoms with Gasteiger partial charge in [0.2, 0.25) is 0 Å². The topological polar surface area (TPSA) is 90.1 Å². The minimum Gasteiger partial charge on any atom is -0.434 e. The highest BCUT2D eigenvalue weighted by molar-refractivity contribution is 5.96. The highest BCUT2D eigenvalue weighted by Gasteiger charge is 2.19. The van der Waals surface area contributed by atoms with Crippen molar-refractivity contribution < 1.29 is 18.3 Å². The van der Waals surface area contributed by atoms with Crippen LogP contribution < -0.4 is 15.8 Å². The Balaban J connectivity index is 2.17. The Labute approximate surface area is 125 Å².